The summed E-state index contributed by atoms with van der Waals surface area (Å²) < 4.78 is 10.6. The van der Waals surface area contributed by atoms with E-state index < -0.39 is 5.97 Å². The van der Waals surface area contributed by atoms with Gasteiger partial charge in [0.05, 0.1) is 25.0 Å². The van der Waals surface area contributed by atoms with Gasteiger partial charge in [-0.2, -0.15) is 0 Å². The second-order valence-corrected chi connectivity index (χ2v) is 7.33. The summed E-state index contributed by atoms with van der Waals surface area (Å²) in [7, 11) is 1.54. The highest BCUT2D eigenvalue weighted by Crippen LogP contribution is 2.34. The van der Waals surface area contributed by atoms with Crippen LogP contribution in [-0.2, 0) is 9.59 Å². The maximum Gasteiger partial charge on any atom is 0.306 e. The number of halogens is 1. The number of ether oxygens (including phenoxy) is 2. The topological polar surface area (TPSA) is 97.2 Å². The van der Waals surface area contributed by atoms with Gasteiger partial charge in [-0.1, -0.05) is 23.7 Å². The number of carboxylic acids is 1. The average molecular weight is 433 g/mol. The molecule has 1 aliphatic rings. The molecule has 0 spiro atoms. The third-order valence-electron chi connectivity index (χ3n) is 3.78. The van der Waals surface area contributed by atoms with Crippen molar-refractivity contribution >= 4 is 52.2 Å². The minimum atomic E-state index is -0.913. The molecule has 1 amide bonds. The minimum Gasteiger partial charge on any atom is -0.494 e. The summed E-state index contributed by atoms with van der Waals surface area (Å²) in [6.45, 7) is 0.0980. The van der Waals surface area contributed by atoms with E-state index in [1.807, 2.05) is 0 Å². The highest BCUT2D eigenvalue weighted by molar-refractivity contribution is 8.18. The number of aliphatic imine (C=N–C) groups is 1. The van der Waals surface area contributed by atoms with Crippen LogP contribution in [0, 0.1) is 0 Å². The molecule has 1 aliphatic heterocycles. The number of amides is 1. The molecule has 7 nitrogen and oxygen atoms in total. The normalized spacial score (nSPS) is 16.1. The van der Waals surface area contributed by atoms with Crippen LogP contribution in [0.3, 0.4) is 0 Å². The lowest BCUT2D eigenvalue weighted by atomic mass is 10.2. The molecule has 0 saturated carbocycles. The Hall–Kier alpha value is -2.97. The van der Waals surface area contributed by atoms with Gasteiger partial charge in [0.1, 0.15) is 17.2 Å². The minimum absolute atomic E-state index is 0.0673. The Morgan fingerprint density at radius 1 is 1.28 bits per heavy atom. The Bertz CT molecular complexity index is 989. The number of thioether (sulfide) groups is 1. The highest BCUT2D eigenvalue weighted by atomic mass is 35.5. The summed E-state index contributed by atoms with van der Waals surface area (Å²) in [4.78, 5) is 27.7. The fourth-order valence-corrected chi connectivity index (χ4v) is 3.41. The first-order valence-electron chi connectivity index (χ1n) is 8.52. The maximum atomic E-state index is 12.3. The van der Waals surface area contributed by atoms with Crippen LogP contribution < -0.4 is 14.8 Å². The van der Waals surface area contributed by atoms with Crippen LogP contribution in [0.25, 0.3) is 6.08 Å². The summed E-state index contributed by atoms with van der Waals surface area (Å²) in [6.07, 6.45) is 1.67. The van der Waals surface area contributed by atoms with Crippen molar-refractivity contribution in [2.24, 2.45) is 4.99 Å². The summed E-state index contributed by atoms with van der Waals surface area (Å²) in [5.74, 6) is -0.0556. The molecule has 0 aromatic heterocycles. The first kappa shape index (κ1) is 20.8. The Morgan fingerprint density at radius 3 is 2.72 bits per heavy atom. The number of carbonyl (C=O) groups is 2. The van der Waals surface area contributed by atoms with Crippen LogP contribution in [0.1, 0.15) is 12.0 Å². The number of benzene rings is 2. The SMILES string of the molecule is COc1ccc(Cl)cc1N=C1NC(=O)/C(=C/c2ccc(OCCC(=O)O)cc2)S1. The largest absolute Gasteiger partial charge is 0.494 e. The Kier molecular flexibility index (Phi) is 6.79. The molecule has 0 atom stereocenters. The van der Waals surface area contributed by atoms with Crippen molar-refractivity contribution < 1.29 is 24.2 Å². The van der Waals surface area contributed by atoms with Crippen molar-refractivity contribution in [1.82, 2.24) is 5.32 Å². The van der Waals surface area contributed by atoms with Gasteiger partial charge in [-0.3, -0.25) is 9.59 Å². The van der Waals surface area contributed by atoms with E-state index >= 15 is 0 Å². The molecule has 0 bridgehead atoms. The lowest BCUT2D eigenvalue weighted by Gasteiger charge is -2.05. The number of amidine groups is 1. The van der Waals surface area contributed by atoms with Crippen molar-refractivity contribution in [3.8, 4) is 11.5 Å². The van der Waals surface area contributed by atoms with E-state index in [9.17, 15) is 9.59 Å². The molecule has 0 unspecified atom stereocenters. The number of nitrogens with one attached hydrogen (secondary N) is 1. The van der Waals surface area contributed by atoms with Crippen LogP contribution in [0.15, 0.2) is 52.4 Å². The first-order valence-corrected chi connectivity index (χ1v) is 9.72. The number of hydrogen-bond acceptors (Lipinski definition) is 6. The van der Waals surface area contributed by atoms with E-state index in [-0.39, 0.29) is 18.9 Å². The first-order chi connectivity index (χ1) is 13.9. The predicted molar refractivity (Wildman–Crippen MR) is 113 cm³/mol. The van der Waals surface area contributed by atoms with Crippen LogP contribution in [0.2, 0.25) is 5.02 Å². The van der Waals surface area contributed by atoms with E-state index in [0.29, 0.717) is 32.3 Å². The molecular formula is C20H17ClN2O5S. The van der Waals surface area contributed by atoms with Gasteiger partial charge in [-0.05, 0) is 53.7 Å². The van der Waals surface area contributed by atoms with Crippen molar-refractivity contribution in [3.63, 3.8) is 0 Å². The number of methoxy groups -OCH3 is 1. The summed E-state index contributed by atoms with van der Waals surface area (Å²) in [6, 6.07) is 12.1. The van der Waals surface area contributed by atoms with Crippen LogP contribution >= 0.6 is 23.4 Å². The van der Waals surface area contributed by atoms with E-state index in [1.54, 1.807) is 48.5 Å². The number of carbonyl (C=O) groups excluding carboxylic acids is 1. The molecule has 2 aromatic carbocycles. The highest BCUT2D eigenvalue weighted by Gasteiger charge is 2.24. The van der Waals surface area contributed by atoms with Crippen molar-refractivity contribution in [2.45, 2.75) is 6.42 Å². The summed E-state index contributed by atoms with van der Waals surface area (Å²) in [5.41, 5.74) is 1.32. The van der Waals surface area contributed by atoms with Gasteiger partial charge in [0.25, 0.3) is 5.91 Å². The molecule has 29 heavy (non-hydrogen) atoms. The molecule has 1 fully saturated rings. The molecule has 2 N–H and O–H groups in total. The Morgan fingerprint density at radius 2 is 2.03 bits per heavy atom. The smallest absolute Gasteiger partial charge is 0.306 e. The number of hydrogen-bond donors (Lipinski definition) is 2. The predicted octanol–water partition coefficient (Wildman–Crippen LogP) is 4.09. The fourth-order valence-electron chi connectivity index (χ4n) is 2.41. The standard InChI is InChI=1S/C20H17ClN2O5S/c1-27-16-7-4-13(21)11-15(16)22-20-23-19(26)17(29-20)10-12-2-5-14(6-3-12)28-9-8-18(24)25/h2-7,10-11H,8-9H2,1H3,(H,24,25)(H,22,23,26)/b17-10-. The van der Waals surface area contributed by atoms with Gasteiger partial charge < -0.3 is 19.9 Å². The molecular weight excluding hydrogens is 416 g/mol. The van der Waals surface area contributed by atoms with Gasteiger partial charge in [0.2, 0.25) is 0 Å². The fraction of sp³-hybridized carbons (Fsp3) is 0.150. The molecule has 0 aliphatic carbocycles. The molecule has 0 radical (unpaired) electrons. The van der Waals surface area contributed by atoms with E-state index in [2.05, 4.69) is 10.3 Å². The van der Waals surface area contributed by atoms with E-state index in [4.69, 9.17) is 26.2 Å². The second kappa shape index (κ2) is 9.49. The van der Waals surface area contributed by atoms with Crippen molar-refractivity contribution in [1.29, 1.82) is 0 Å². The zero-order chi connectivity index (χ0) is 20.8. The third-order valence-corrected chi connectivity index (χ3v) is 4.92. The maximum absolute atomic E-state index is 12.3. The second-order valence-electron chi connectivity index (χ2n) is 5.86. The van der Waals surface area contributed by atoms with Crippen LogP contribution in [0.5, 0.6) is 11.5 Å². The number of carboxylic acid groups (broad SMARTS) is 1. The molecule has 1 heterocycles. The zero-order valence-electron chi connectivity index (χ0n) is 15.3. The van der Waals surface area contributed by atoms with Crippen LogP contribution in [0.4, 0.5) is 5.69 Å². The summed E-state index contributed by atoms with van der Waals surface area (Å²) in [5, 5.41) is 12.3. The molecule has 2 aromatic rings. The Balaban J connectivity index is 1.71. The van der Waals surface area contributed by atoms with Gasteiger partial charge in [0.15, 0.2) is 5.17 Å². The van der Waals surface area contributed by atoms with Gasteiger partial charge in [-0.25, -0.2) is 4.99 Å². The lowest BCUT2D eigenvalue weighted by molar-refractivity contribution is -0.137. The van der Waals surface area contributed by atoms with E-state index in [1.165, 1.54) is 18.9 Å². The van der Waals surface area contributed by atoms with Gasteiger partial charge >= 0.3 is 5.97 Å². The van der Waals surface area contributed by atoms with Crippen LogP contribution in [-0.4, -0.2) is 35.9 Å². The average Bonchev–Trinajstić information content (AvgIpc) is 3.02. The lowest BCUT2D eigenvalue weighted by Crippen LogP contribution is -2.19. The van der Waals surface area contributed by atoms with Crippen molar-refractivity contribution in [2.75, 3.05) is 13.7 Å². The van der Waals surface area contributed by atoms with E-state index in [0.717, 1.165) is 5.56 Å². The zero-order valence-corrected chi connectivity index (χ0v) is 16.9. The third kappa shape index (κ3) is 5.75. The quantitative estimate of drug-likeness (QED) is 0.639. The summed E-state index contributed by atoms with van der Waals surface area (Å²) >= 11 is 7.22. The van der Waals surface area contributed by atoms with Gasteiger partial charge in [0, 0.05) is 5.02 Å². The Labute approximate surface area is 176 Å². The molecule has 150 valence electrons. The molecule has 3 rings (SSSR count). The van der Waals surface area contributed by atoms with Crippen molar-refractivity contribution in [3.05, 3.63) is 58.0 Å². The molecule has 1 saturated heterocycles. The number of aliphatic carboxylic acids is 1. The number of nitrogens with zero attached hydrogens (tertiary/aromatic N) is 1. The number of rotatable bonds is 7. The monoisotopic (exact) mass is 432 g/mol. The molecule has 9 heteroatoms. The van der Waals surface area contributed by atoms with Gasteiger partial charge in [-0.15, -0.1) is 0 Å².